The van der Waals surface area contributed by atoms with Crippen LogP contribution in [0.1, 0.15) is 5.56 Å². The highest BCUT2D eigenvalue weighted by Gasteiger charge is 2.36. The minimum Gasteiger partial charge on any atom is -0.508 e. The second kappa shape index (κ2) is 6.17. The Morgan fingerprint density at radius 1 is 1.12 bits per heavy atom. The number of hydrogen-bond donors (Lipinski definition) is 1. The highest BCUT2D eigenvalue weighted by atomic mass is 32.2. The van der Waals surface area contributed by atoms with Crippen LogP contribution in [0.2, 0.25) is 0 Å². The van der Waals surface area contributed by atoms with Crippen LogP contribution in [-0.2, 0) is 4.79 Å². The maximum atomic E-state index is 12.5. The molecule has 7 nitrogen and oxygen atoms in total. The van der Waals surface area contributed by atoms with Crippen LogP contribution in [0.3, 0.4) is 0 Å². The third-order valence-electron chi connectivity index (χ3n) is 3.30. The van der Waals surface area contributed by atoms with Gasteiger partial charge in [0.25, 0.3) is 16.8 Å². The lowest BCUT2D eigenvalue weighted by Gasteiger charge is -2.12. The van der Waals surface area contributed by atoms with Gasteiger partial charge in [-0.2, -0.15) is 0 Å². The highest BCUT2D eigenvalue weighted by Crippen LogP contribution is 2.37. The van der Waals surface area contributed by atoms with Crippen molar-refractivity contribution in [3.05, 3.63) is 69.1 Å². The summed E-state index contributed by atoms with van der Waals surface area (Å²) in [6.07, 6.45) is 1.33. The first kappa shape index (κ1) is 15.8. The average molecular weight is 342 g/mol. The number of phenols is 1. The summed E-state index contributed by atoms with van der Waals surface area (Å²) in [5.74, 6) is -0.664. The largest absolute Gasteiger partial charge is 0.508 e. The summed E-state index contributed by atoms with van der Waals surface area (Å²) in [7, 11) is 0. The Labute approximate surface area is 140 Å². The number of carbonyl (C=O) groups is 2. The van der Waals surface area contributed by atoms with E-state index in [0.717, 1.165) is 4.90 Å². The molecule has 1 aliphatic heterocycles. The fourth-order valence-corrected chi connectivity index (χ4v) is 3.07. The Kier molecular flexibility index (Phi) is 4.05. The Morgan fingerprint density at radius 2 is 1.88 bits per heavy atom. The number of benzene rings is 2. The molecule has 2 aromatic carbocycles. The predicted molar refractivity (Wildman–Crippen MR) is 89.7 cm³/mol. The molecule has 1 fully saturated rings. The van der Waals surface area contributed by atoms with E-state index >= 15 is 0 Å². The first-order chi connectivity index (χ1) is 11.5. The van der Waals surface area contributed by atoms with Gasteiger partial charge in [-0.1, -0.05) is 18.2 Å². The topological polar surface area (TPSA) is 101 Å². The fraction of sp³-hybridized carbons (Fsp3) is 0. The van der Waals surface area contributed by atoms with Gasteiger partial charge in [-0.05, 0) is 36.0 Å². The van der Waals surface area contributed by atoms with E-state index in [1.165, 1.54) is 48.5 Å². The van der Waals surface area contributed by atoms with Crippen LogP contribution >= 0.6 is 11.8 Å². The lowest BCUT2D eigenvalue weighted by atomic mass is 10.1. The van der Waals surface area contributed by atoms with E-state index in [2.05, 4.69) is 0 Å². The number of phenolic OH excluding ortho intramolecular Hbond substituents is 1. The van der Waals surface area contributed by atoms with Crippen molar-refractivity contribution < 1.29 is 19.6 Å². The molecule has 24 heavy (non-hydrogen) atoms. The summed E-state index contributed by atoms with van der Waals surface area (Å²) in [6.45, 7) is 0. The molecule has 0 aromatic heterocycles. The molecular formula is C16H10N2O5S. The van der Waals surface area contributed by atoms with Gasteiger partial charge >= 0.3 is 0 Å². The standard InChI is InChI=1S/C16H10N2O5S/c19-12-6-3-5-11(9-12)17-15(20)14(24-16(17)21)8-10-4-1-2-7-13(10)18(22)23/h1-9,19H/b14-8-. The molecule has 0 atom stereocenters. The SMILES string of the molecule is O=C1S/C(=C\c2ccccc2[N+](=O)[O-])C(=O)N1c1cccc(O)c1. The van der Waals surface area contributed by atoms with Gasteiger partial charge in [-0.15, -0.1) is 0 Å². The second-order valence-corrected chi connectivity index (χ2v) is 5.85. The number of thioether (sulfide) groups is 1. The zero-order valence-electron chi connectivity index (χ0n) is 12.1. The maximum absolute atomic E-state index is 12.5. The van der Waals surface area contributed by atoms with E-state index in [-0.39, 0.29) is 27.6 Å². The smallest absolute Gasteiger partial charge is 0.298 e. The number of anilines is 1. The Morgan fingerprint density at radius 3 is 2.58 bits per heavy atom. The number of hydrogen-bond acceptors (Lipinski definition) is 6. The Hall–Kier alpha value is -3.13. The number of nitro groups is 1. The molecule has 0 radical (unpaired) electrons. The second-order valence-electron chi connectivity index (χ2n) is 4.85. The van der Waals surface area contributed by atoms with Gasteiger partial charge < -0.3 is 5.11 Å². The third-order valence-corrected chi connectivity index (χ3v) is 4.17. The molecule has 3 rings (SSSR count). The molecule has 0 unspecified atom stereocenters. The van der Waals surface area contributed by atoms with Crippen molar-refractivity contribution in [1.29, 1.82) is 0 Å². The number of imide groups is 1. The molecule has 2 amide bonds. The van der Waals surface area contributed by atoms with Crippen LogP contribution in [0.25, 0.3) is 6.08 Å². The van der Waals surface area contributed by atoms with E-state index in [1.807, 2.05) is 0 Å². The minimum absolute atomic E-state index is 0.0748. The number of nitrogens with zero attached hydrogens (tertiary/aromatic N) is 2. The average Bonchev–Trinajstić information content (AvgIpc) is 2.81. The van der Waals surface area contributed by atoms with E-state index in [0.29, 0.717) is 11.8 Å². The summed E-state index contributed by atoms with van der Waals surface area (Å²) in [6, 6.07) is 11.7. The third kappa shape index (κ3) is 2.86. The molecule has 1 saturated heterocycles. The summed E-state index contributed by atoms with van der Waals surface area (Å²) in [5.41, 5.74) is 0.328. The van der Waals surface area contributed by atoms with Crippen molar-refractivity contribution in [2.45, 2.75) is 0 Å². The minimum atomic E-state index is -0.589. The summed E-state index contributed by atoms with van der Waals surface area (Å²) >= 11 is 0.692. The Balaban J connectivity index is 1.99. The summed E-state index contributed by atoms with van der Waals surface area (Å²) < 4.78 is 0. The molecular weight excluding hydrogens is 332 g/mol. The lowest BCUT2D eigenvalue weighted by Crippen LogP contribution is -2.27. The summed E-state index contributed by atoms with van der Waals surface area (Å²) in [5, 5.41) is 20.0. The lowest BCUT2D eigenvalue weighted by molar-refractivity contribution is -0.385. The van der Waals surface area contributed by atoms with Gasteiger partial charge in [0.1, 0.15) is 5.75 Å². The molecule has 1 N–H and O–H groups in total. The van der Waals surface area contributed by atoms with Crippen molar-refractivity contribution in [2.24, 2.45) is 0 Å². The van der Waals surface area contributed by atoms with Crippen LogP contribution in [-0.4, -0.2) is 21.2 Å². The van der Waals surface area contributed by atoms with Gasteiger partial charge in [0.2, 0.25) is 0 Å². The van der Waals surface area contributed by atoms with Crippen LogP contribution in [0, 0.1) is 10.1 Å². The first-order valence-corrected chi connectivity index (χ1v) is 7.59. The molecule has 0 bridgehead atoms. The number of para-hydroxylation sites is 1. The van der Waals surface area contributed by atoms with Crippen LogP contribution in [0.15, 0.2) is 53.4 Å². The molecule has 0 aliphatic carbocycles. The van der Waals surface area contributed by atoms with Gasteiger partial charge in [0.15, 0.2) is 0 Å². The van der Waals surface area contributed by atoms with Crippen LogP contribution in [0.5, 0.6) is 5.75 Å². The van der Waals surface area contributed by atoms with Gasteiger partial charge in [-0.3, -0.25) is 19.7 Å². The quantitative estimate of drug-likeness (QED) is 0.520. The van der Waals surface area contributed by atoms with Crippen LogP contribution in [0.4, 0.5) is 16.2 Å². The first-order valence-electron chi connectivity index (χ1n) is 6.78. The number of carbonyl (C=O) groups excluding carboxylic acids is 2. The number of aromatic hydroxyl groups is 1. The molecule has 0 saturated carbocycles. The molecule has 8 heteroatoms. The zero-order chi connectivity index (χ0) is 17.3. The highest BCUT2D eigenvalue weighted by molar-refractivity contribution is 8.19. The zero-order valence-corrected chi connectivity index (χ0v) is 12.9. The Bertz CT molecular complexity index is 894. The number of rotatable bonds is 3. The number of nitro benzene ring substituents is 1. The van der Waals surface area contributed by atoms with Crippen molar-refractivity contribution in [2.75, 3.05) is 4.90 Å². The predicted octanol–water partition coefficient (Wildman–Crippen LogP) is 3.54. The maximum Gasteiger partial charge on any atom is 0.298 e. The molecule has 120 valence electrons. The van der Waals surface area contributed by atoms with Crippen molar-refractivity contribution in [1.82, 2.24) is 0 Å². The van der Waals surface area contributed by atoms with E-state index in [9.17, 15) is 24.8 Å². The van der Waals surface area contributed by atoms with Crippen LogP contribution < -0.4 is 4.90 Å². The monoisotopic (exact) mass is 342 g/mol. The van der Waals surface area contributed by atoms with Gasteiger partial charge in [0, 0.05) is 12.1 Å². The van der Waals surface area contributed by atoms with Crippen molar-refractivity contribution in [3.63, 3.8) is 0 Å². The van der Waals surface area contributed by atoms with E-state index in [4.69, 9.17) is 0 Å². The van der Waals surface area contributed by atoms with Gasteiger partial charge in [0.05, 0.1) is 21.1 Å². The fourth-order valence-electron chi connectivity index (χ4n) is 2.24. The van der Waals surface area contributed by atoms with Crippen molar-refractivity contribution >= 4 is 40.4 Å². The summed E-state index contributed by atoms with van der Waals surface area (Å²) in [4.78, 5) is 36.1. The van der Waals surface area contributed by atoms with E-state index in [1.54, 1.807) is 6.07 Å². The normalized spacial score (nSPS) is 16.0. The molecule has 2 aromatic rings. The molecule has 0 spiro atoms. The van der Waals surface area contributed by atoms with Crippen molar-refractivity contribution in [3.8, 4) is 5.75 Å². The van der Waals surface area contributed by atoms with E-state index < -0.39 is 16.1 Å². The molecule has 1 aliphatic rings. The molecule has 1 heterocycles. The van der Waals surface area contributed by atoms with Gasteiger partial charge in [-0.25, -0.2) is 4.90 Å². The number of amides is 2.